The number of piperazine rings is 1. The van der Waals surface area contributed by atoms with Gasteiger partial charge >= 0.3 is 6.09 Å². The number of carbonyl (C=O) groups excluding carboxylic acids is 3. The lowest BCUT2D eigenvalue weighted by Gasteiger charge is -2.35. The molecule has 8 heteroatoms. The Morgan fingerprint density at radius 2 is 1.79 bits per heavy atom. The first kappa shape index (κ1) is 21.1. The lowest BCUT2D eigenvalue weighted by molar-refractivity contribution is -0.123. The van der Waals surface area contributed by atoms with Crippen molar-refractivity contribution in [2.75, 3.05) is 32.7 Å². The van der Waals surface area contributed by atoms with Crippen LogP contribution in [-0.4, -0.2) is 66.0 Å². The molecular weight excluding hydrogens is 377 g/mol. The summed E-state index contributed by atoms with van der Waals surface area (Å²) in [5.41, 5.74) is 0.0471. The monoisotopic (exact) mass is 405 g/mol. The summed E-state index contributed by atoms with van der Waals surface area (Å²) in [6, 6.07) is 4.19. The van der Waals surface area contributed by atoms with Crippen LogP contribution in [0, 0.1) is 5.82 Å². The molecule has 0 bridgehead atoms. The van der Waals surface area contributed by atoms with Gasteiger partial charge in [0.15, 0.2) is 0 Å². The third-order valence-corrected chi connectivity index (χ3v) is 5.12. The highest BCUT2D eigenvalue weighted by molar-refractivity contribution is 5.95. The number of benzene rings is 1. The second-order valence-electron chi connectivity index (χ2n) is 8.48. The molecule has 1 aromatic carbocycles. The Morgan fingerprint density at radius 3 is 2.41 bits per heavy atom. The van der Waals surface area contributed by atoms with Crippen molar-refractivity contribution in [3.8, 4) is 0 Å². The molecule has 3 rings (SSSR count). The zero-order valence-electron chi connectivity index (χ0n) is 17.2. The van der Waals surface area contributed by atoms with Crippen LogP contribution < -0.4 is 5.32 Å². The molecule has 2 saturated heterocycles. The molecule has 0 spiro atoms. The number of rotatable bonds is 2. The molecular formula is C21H28FN3O4. The van der Waals surface area contributed by atoms with Crippen LogP contribution in [0.25, 0.3) is 0 Å². The van der Waals surface area contributed by atoms with Crippen LogP contribution in [0.3, 0.4) is 0 Å². The van der Waals surface area contributed by atoms with Gasteiger partial charge in [-0.05, 0) is 51.8 Å². The zero-order valence-corrected chi connectivity index (χ0v) is 17.2. The first-order chi connectivity index (χ1) is 13.7. The van der Waals surface area contributed by atoms with Crippen LogP contribution in [-0.2, 0) is 9.53 Å². The molecule has 2 aliphatic rings. The second kappa shape index (κ2) is 8.39. The van der Waals surface area contributed by atoms with Crippen molar-refractivity contribution in [2.45, 2.75) is 45.1 Å². The molecule has 0 aliphatic carbocycles. The van der Waals surface area contributed by atoms with Crippen molar-refractivity contribution in [3.05, 3.63) is 35.1 Å². The maximum atomic E-state index is 14.3. The Morgan fingerprint density at radius 1 is 1.14 bits per heavy atom. The van der Waals surface area contributed by atoms with Crippen LogP contribution in [0.1, 0.15) is 55.5 Å². The zero-order chi connectivity index (χ0) is 21.2. The van der Waals surface area contributed by atoms with Gasteiger partial charge in [0.2, 0.25) is 5.91 Å². The number of halogens is 1. The van der Waals surface area contributed by atoms with Crippen LogP contribution in [0.2, 0.25) is 0 Å². The van der Waals surface area contributed by atoms with Gasteiger partial charge in [-0.15, -0.1) is 0 Å². The van der Waals surface area contributed by atoms with Gasteiger partial charge in [-0.3, -0.25) is 9.59 Å². The quantitative estimate of drug-likeness (QED) is 0.820. The molecule has 1 aromatic rings. The fraction of sp³-hybridized carbons (Fsp3) is 0.571. The topological polar surface area (TPSA) is 79.0 Å². The number of amides is 3. The average molecular weight is 405 g/mol. The van der Waals surface area contributed by atoms with Crippen molar-refractivity contribution >= 4 is 17.9 Å². The number of piperidine rings is 1. The predicted molar refractivity (Wildman–Crippen MR) is 105 cm³/mol. The minimum atomic E-state index is -0.569. The van der Waals surface area contributed by atoms with Crippen molar-refractivity contribution < 1.29 is 23.5 Å². The van der Waals surface area contributed by atoms with Crippen LogP contribution in [0.15, 0.2) is 18.2 Å². The highest BCUT2D eigenvalue weighted by Gasteiger charge is 2.30. The Bertz CT molecular complexity index is 798. The summed E-state index contributed by atoms with van der Waals surface area (Å²) in [5.74, 6) is -1.48. The number of carbonyl (C=O) groups is 3. The lowest BCUT2D eigenvalue weighted by Crippen LogP contribution is -2.51. The van der Waals surface area contributed by atoms with Gasteiger partial charge < -0.3 is 19.9 Å². The Balaban J connectivity index is 1.66. The number of hydrogen-bond acceptors (Lipinski definition) is 4. The van der Waals surface area contributed by atoms with Gasteiger partial charge in [-0.1, -0.05) is 0 Å². The largest absolute Gasteiger partial charge is 0.444 e. The van der Waals surface area contributed by atoms with Gasteiger partial charge in [-0.2, -0.15) is 0 Å². The Hall–Kier alpha value is -2.64. The van der Waals surface area contributed by atoms with E-state index in [1.54, 1.807) is 9.80 Å². The molecule has 2 aliphatic heterocycles. The minimum Gasteiger partial charge on any atom is -0.444 e. The van der Waals surface area contributed by atoms with Crippen molar-refractivity contribution in [1.29, 1.82) is 0 Å². The molecule has 2 fully saturated rings. The molecule has 1 N–H and O–H groups in total. The summed E-state index contributed by atoms with van der Waals surface area (Å²) in [6.45, 7) is 7.51. The van der Waals surface area contributed by atoms with E-state index >= 15 is 0 Å². The summed E-state index contributed by atoms with van der Waals surface area (Å²) in [5, 5.41) is 2.75. The maximum absolute atomic E-state index is 14.3. The van der Waals surface area contributed by atoms with Gasteiger partial charge in [0.25, 0.3) is 5.91 Å². The first-order valence-electron chi connectivity index (χ1n) is 10.00. The molecule has 1 unspecified atom stereocenters. The predicted octanol–water partition coefficient (Wildman–Crippen LogP) is 2.51. The van der Waals surface area contributed by atoms with E-state index in [9.17, 15) is 18.8 Å². The van der Waals surface area contributed by atoms with Crippen molar-refractivity contribution in [3.63, 3.8) is 0 Å². The minimum absolute atomic E-state index is 0.203. The molecule has 0 saturated carbocycles. The summed E-state index contributed by atoms with van der Waals surface area (Å²) in [6.07, 6.45) is 0.951. The van der Waals surface area contributed by atoms with E-state index in [1.807, 2.05) is 20.8 Å². The Labute approximate surface area is 170 Å². The molecule has 0 radical (unpaired) electrons. The molecule has 3 amide bonds. The van der Waals surface area contributed by atoms with Crippen LogP contribution >= 0.6 is 0 Å². The number of nitrogens with zero attached hydrogens (tertiary/aromatic N) is 2. The van der Waals surface area contributed by atoms with Crippen LogP contribution in [0.5, 0.6) is 0 Å². The van der Waals surface area contributed by atoms with Gasteiger partial charge in [0, 0.05) is 43.9 Å². The summed E-state index contributed by atoms with van der Waals surface area (Å²) in [4.78, 5) is 40.4. The Kier molecular flexibility index (Phi) is 6.10. The SMILES string of the molecule is CC(C)(C)OC(=O)N1CCN(C(=O)c2ccc(F)c(C3CCCNC3=O)c2)CC1. The van der Waals surface area contributed by atoms with Gasteiger partial charge in [-0.25, -0.2) is 9.18 Å². The van der Waals surface area contributed by atoms with E-state index in [4.69, 9.17) is 4.74 Å². The average Bonchev–Trinajstić information content (AvgIpc) is 2.67. The molecule has 29 heavy (non-hydrogen) atoms. The highest BCUT2D eigenvalue weighted by Crippen LogP contribution is 2.28. The first-order valence-corrected chi connectivity index (χ1v) is 10.00. The standard InChI is InChI=1S/C21H28FN3O4/c1-21(2,3)29-20(28)25-11-9-24(10-12-25)19(27)14-6-7-17(22)16(13-14)15-5-4-8-23-18(15)26/h6-7,13,15H,4-5,8-12H2,1-3H3,(H,23,26). The third kappa shape index (κ3) is 5.05. The lowest BCUT2D eigenvalue weighted by atomic mass is 9.89. The van der Waals surface area contributed by atoms with E-state index < -0.39 is 23.4 Å². The van der Waals surface area contributed by atoms with Crippen molar-refractivity contribution in [2.24, 2.45) is 0 Å². The second-order valence-corrected chi connectivity index (χ2v) is 8.48. The maximum Gasteiger partial charge on any atom is 0.410 e. The highest BCUT2D eigenvalue weighted by atomic mass is 19.1. The number of hydrogen-bond donors (Lipinski definition) is 1. The third-order valence-electron chi connectivity index (χ3n) is 5.12. The molecule has 2 heterocycles. The van der Waals surface area contributed by atoms with Gasteiger partial charge in [0.1, 0.15) is 11.4 Å². The van der Waals surface area contributed by atoms with E-state index in [0.29, 0.717) is 44.7 Å². The van der Waals surface area contributed by atoms with Crippen molar-refractivity contribution in [1.82, 2.24) is 15.1 Å². The summed E-state index contributed by atoms with van der Waals surface area (Å²) >= 11 is 0. The fourth-order valence-electron chi connectivity index (χ4n) is 3.61. The smallest absolute Gasteiger partial charge is 0.410 e. The normalized spacial score (nSPS) is 20.3. The summed E-state index contributed by atoms with van der Waals surface area (Å²) in [7, 11) is 0. The molecule has 7 nitrogen and oxygen atoms in total. The molecule has 0 aromatic heterocycles. The fourth-order valence-corrected chi connectivity index (χ4v) is 3.61. The summed E-state index contributed by atoms with van der Waals surface area (Å²) < 4.78 is 19.7. The number of nitrogens with one attached hydrogen (secondary N) is 1. The van der Waals surface area contributed by atoms with E-state index in [2.05, 4.69) is 5.32 Å². The molecule has 1 atom stereocenters. The number of ether oxygens (including phenoxy) is 1. The molecule has 158 valence electrons. The van der Waals surface area contributed by atoms with E-state index in [-0.39, 0.29) is 17.4 Å². The van der Waals surface area contributed by atoms with Crippen LogP contribution in [0.4, 0.5) is 9.18 Å². The van der Waals surface area contributed by atoms with E-state index in [0.717, 1.165) is 6.42 Å². The van der Waals surface area contributed by atoms with E-state index in [1.165, 1.54) is 18.2 Å². The van der Waals surface area contributed by atoms with Gasteiger partial charge in [0.05, 0.1) is 5.92 Å².